The van der Waals surface area contributed by atoms with Crippen molar-refractivity contribution >= 4 is 27.5 Å². The van der Waals surface area contributed by atoms with E-state index in [4.69, 9.17) is 16.0 Å². The van der Waals surface area contributed by atoms with Gasteiger partial charge in [-0.2, -0.15) is 0 Å². The number of anilines is 1. The lowest BCUT2D eigenvalue weighted by Gasteiger charge is -2.14. The van der Waals surface area contributed by atoms with Crippen molar-refractivity contribution in [3.63, 3.8) is 0 Å². The fourth-order valence-electron chi connectivity index (χ4n) is 1.76. The number of benzene rings is 1. The van der Waals surface area contributed by atoms with Gasteiger partial charge in [-0.05, 0) is 19.1 Å². The van der Waals surface area contributed by atoms with Crippen LogP contribution in [-0.4, -0.2) is 31.4 Å². The van der Waals surface area contributed by atoms with E-state index in [-0.39, 0.29) is 17.4 Å². The SMILES string of the molecule is CCS(=O)(=O)N(C)c1oc(-c2cccc(Cl)c2)c(O)c1O. The van der Waals surface area contributed by atoms with Crippen LogP contribution in [0.5, 0.6) is 11.5 Å². The normalized spacial score (nSPS) is 11.6. The predicted molar refractivity (Wildman–Crippen MR) is 80.3 cm³/mol. The van der Waals surface area contributed by atoms with Gasteiger partial charge in [-0.25, -0.2) is 12.7 Å². The molecule has 2 N–H and O–H groups in total. The third-order valence-electron chi connectivity index (χ3n) is 3.00. The van der Waals surface area contributed by atoms with Crippen LogP contribution in [0.3, 0.4) is 0 Å². The summed E-state index contributed by atoms with van der Waals surface area (Å²) in [4.78, 5) is 0. The molecule has 0 radical (unpaired) electrons. The van der Waals surface area contributed by atoms with E-state index >= 15 is 0 Å². The molecule has 0 aliphatic rings. The van der Waals surface area contributed by atoms with Gasteiger partial charge in [0.1, 0.15) is 0 Å². The molecule has 0 aliphatic heterocycles. The van der Waals surface area contributed by atoms with E-state index in [1.165, 1.54) is 20.0 Å². The minimum absolute atomic E-state index is 0.0526. The Morgan fingerprint density at radius 3 is 2.52 bits per heavy atom. The number of sulfonamides is 1. The molecule has 1 heterocycles. The zero-order valence-corrected chi connectivity index (χ0v) is 12.9. The minimum atomic E-state index is -3.63. The van der Waals surface area contributed by atoms with E-state index in [1.54, 1.807) is 18.2 Å². The fraction of sp³-hybridized carbons (Fsp3) is 0.231. The molecule has 0 saturated carbocycles. The van der Waals surface area contributed by atoms with E-state index in [0.717, 1.165) is 4.31 Å². The Hall–Kier alpha value is -1.86. The number of nitrogens with zero attached hydrogens (tertiary/aromatic N) is 1. The molecule has 6 nitrogen and oxygen atoms in total. The molecular formula is C13H14ClNO5S. The van der Waals surface area contributed by atoms with Crippen LogP contribution in [0, 0.1) is 0 Å². The number of hydrogen-bond donors (Lipinski definition) is 2. The number of hydrogen-bond acceptors (Lipinski definition) is 5. The first kappa shape index (κ1) is 15.5. The molecule has 8 heteroatoms. The monoisotopic (exact) mass is 331 g/mol. The summed E-state index contributed by atoms with van der Waals surface area (Å²) in [6, 6.07) is 6.42. The van der Waals surface area contributed by atoms with Crippen LogP contribution < -0.4 is 4.31 Å². The Morgan fingerprint density at radius 1 is 1.29 bits per heavy atom. The van der Waals surface area contributed by atoms with Gasteiger partial charge in [0.05, 0.1) is 5.75 Å². The highest BCUT2D eigenvalue weighted by Crippen LogP contribution is 2.47. The molecule has 0 bridgehead atoms. The van der Waals surface area contributed by atoms with Gasteiger partial charge >= 0.3 is 0 Å². The highest BCUT2D eigenvalue weighted by atomic mass is 35.5. The van der Waals surface area contributed by atoms with Crippen molar-refractivity contribution in [1.82, 2.24) is 0 Å². The van der Waals surface area contributed by atoms with E-state index in [2.05, 4.69) is 0 Å². The first-order valence-corrected chi connectivity index (χ1v) is 8.04. The minimum Gasteiger partial charge on any atom is -0.502 e. The lowest BCUT2D eigenvalue weighted by molar-refractivity contribution is 0.409. The summed E-state index contributed by atoms with van der Waals surface area (Å²) >= 11 is 5.86. The summed E-state index contributed by atoms with van der Waals surface area (Å²) in [6.07, 6.45) is 0. The third-order valence-corrected chi connectivity index (χ3v) is 4.96. The first-order valence-electron chi connectivity index (χ1n) is 6.05. The van der Waals surface area contributed by atoms with Gasteiger partial charge in [0.2, 0.25) is 21.5 Å². The maximum atomic E-state index is 11.8. The van der Waals surface area contributed by atoms with Gasteiger partial charge in [0, 0.05) is 17.6 Å². The van der Waals surface area contributed by atoms with Crippen LogP contribution in [0.15, 0.2) is 28.7 Å². The molecule has 0 unspecified atom stereocenters. The average Bonchev–Trinajstić information content (AvgIpc) is 2.74. The van der Waals surface area contributed by atoms with E-state index in [0.29, 0.717) is 10.6 Å². The van der Waals surface area contributed by atoms with Crippen molar-refractivity contribution in [3.8, 4) is 22.8 Å². The van der Waals surface area contributed by atoms with Crippen molar-refractivity contribution in [1.29, 1.82) is 0 Å². The van der Waals surface area contributed by atoms with Crippen LogP contribution in [0.1, 0.15) is 6.92 Å². The lowest BCUT2D eigenvalue weighted by atomic mass is 10.1. The summed E-state index contributed by atoms with van der Waals surface area (Å²) in [5.74, 6) is -1.74. The van der Waals surface area contributed by atoms with Crippen molar-refractivity contribution in [3.05, 3.63) is 29.3 Å². The molecule has 1 aromatic carbocycles. The molecular weight excluding hydrogens is 318 g/mol. The Balaban J connectivity index is 2.56. The summed E-state index contributed by atoms with van der Waals surface area (Å²) in [6.45, 7) is 1.46. The Morgan fingerprint density at radius 2 is 1.95 bits per heavy atom. The van der Waals surface area contributed by atoms with Crippen molar-refractivity contribution in [2.45, 2.75) is 6.92 Å². The second-order valence-electron chi connectivity index (χ2n) is 4.31. The van der Waals surface area contributed by atoms with E-state index in [9.17, 15) is 18.6 Å². The smallest absolute Gasteiger partial charge is 0.256 e. The second kappa shape index (κ2) is 5.50. The Labute approximate surface area is 127 Å². The fourth-order valence-corrected chi connectivity index (χ4v) is 2.71. The molecule has 0 atom stereocenters. The molecule has 0 fully saturated rings. The van der Waals surface area contributed by atoms with Gasteiger partial charge in [-0.15, -0.1) is 0 Å². The zero-order valence-electron chi connectivity index (χ0n) is 11.4. The highest BCUT2D eigenvalue weighted by molar-refractivity contribution is 7.92. The zero-order chi connectivity index (χ0) is 15.8. The molecule has 1 aromatic heterocycles. The molecule has 0 saturated heterocycles. The maximum absolute atomic E-state index is 11.8. The third kappa shape index (κ3) is 2.79. The largest absolute Gasteiger partial charge is 0.502 e. The highest BCUT2D eigenvalue weighted by Gasteiger charge is 2.28. The maximum Gasteiger partial charge on any atom is 0.256 e. The van der Waals surface area contributed by atoms with Crippen molar-refractivity contribution in [2.75, 3.05) is 17.1 Å². The number of halogens is 1. The van der Waals surface area contributed by atoms with Crippen LogP contribution >= 0.6 is 11.6 Å². The molecule has 0 aliphatic carbocycles. The van der Waals surface area contributed by atoms with Crippen LogP contribution in [0.25, 0.3) is 11.3 Å². The van der Waals surface area contributed by atoms with Gasteiger partial charge in [0.15, 0.2) is 5.76 Å². The van der Waals surface area contributed by atoms with Crippen molar-refractivity contribution < 1.29 is 23.0 Å². The molecule has 2 aromatic rings. The number of aromatic hydroxyl groups is 2. The standard InChI is InChI=1S/C13H14ClNO5S/c1-3-21(18,19)15(2)13-11(17)10(16)12(20-13)8-5-4-6-9(14)7-8/h4-7,16-17H,3H2,1-2H3. The quantitative estimate of drug-likeness (QED) is 0.899. The summed E-state index contributed by atoms with van der Waals surface area (Å²) in [5.41, 5.74) is 0.420. The van der Waals surface area contributed by atoms with Gasteiger partial charge in [-0.3, -0.25) is 0 Å². The second-order valence-corrected chi connectivity index (χ2v) is 7.04. The molecule has 2 rings (SSSR count). The number of furan rings is 1. The van der Waals surface area contributed by atoms with Gasteiger partial charge in [0.25, 0.3) is 5.88 Å². The Kier molecular flexibility index (Phi) is 4.06. The summed E-state index contributed by atoms with van der Waals surface area (Å²) < 4.78 is 29.7. The topological polar surface area (TPSA) is 91.0 Å². The molecule has 0 spiro atoms. The van der Waals surface area contributed by atoms with Crippen LogP contribution in [0.4, 0.5) is 5.88 Å². The van der Waals surface area contributed by atoms with Crippen LogP contribution in [-0.2, 0) is 10.0 Å². The number of rotatable bonds is 4. The molecule has 114 valence electrons. The van der Waals surface area contributed by atoms with E-state index in [1.807, 2.05) is 0 Å². The first-order chi connectivity index (χ1) is 9.77. The average molecular weight is 332 g/mol. The lowest BCUT2D eigenvalue weighted by Crippen LogP contribution is -2.27. The van der Waals surface area contributed by atoms with Crippen molar-refractivity contribution in [2.24, 2.45) is 0 Å². The predicted octanol–water partition coefficient (Wildman–Crippen LogP) is 2.80. The Bertz CT molecular complexity index is 769. The van der Waals surface area contributed by atoms with Crippen LogP contribution in [0.2, 0.25) is 5.02 Å². The van der Waals surface area contributed by atoms with Gasteiger partial charge < -0.3 is 14.6 Å². The van der Waals surface area contributed by atoms with E-state index < -0.39 is 21.5 Å². The molecule has 0 amide bonds. The molecule has 21 heavy (non-hydrogen) atoms. The van der Waals surface area contributed by atoms with Gasteiger partial charge in [-0.1, -0.05) is 23.7 Å². The summed E-state index contributed by atoms with van der Waals surface area (Å²) in [7, 11) is -2.39. The summed E-state index contributed by atoms with van der Waals surface area (Å²) in [5, 5.41) is 20.3.